The summed E-state index contributed by atoms with van der Waals surface area (Å²) in [5, 5.41) is 0. The molecule has 1 fully saturated rings. The number of carbonyl (C=O) groups excluding carboxylic acids is 2. The van der Waals surface area contributed by atoms with Crippen LogP contribution in [0.2, 0.25) is 0 Å². The van der Waals surface area contributed by atoms with E-state index >= 15 is 0 Å². The van der Waals surface area contributed by atoms with Gasteiger partial charge in [0.05, 0.1) is 18.8 Å². The van der Waals surface area contributed by atoms with Crippen LogP contribution in [-0.4, -0.2) is 43.1 Å². The molecule has 0 atom stereocenters. The summed E-state index contributed by atoms with van der Waals surface area (Å²) in [6.45, 7) is 7.91. The van der Waals surface area contributed by atoms with Gasteiger partial charge in [-0.2, -0.15) is 0 Å². The number of nitrogens with zero attached hydrogens (tertiary/aromatic N) is 1. The van der Waals surface area contributed by atoms with E-state index in [1.54, 1.807) is 19.9 Å². The molecule has 1 rings (SSSR count). The molecule has 0 amide bonds. The van der Waals surface area contributed by atoms with Crippen LogP contribution in [0.5, 0.6) is 0 Å². The Morgan fingerprint density at radius 1 is 1.05 bits per heavy atom. The fraction of sp³-hybridized carbons (Fsp3) is 0.600. The lowest BCUT2D eigenvalue weighted by Gasteiger charge is -2.18. The van der Waals surface area contributed by atoms with E-state index in [9.17, 15) is 9.59 Å². The Hall–Kier alpha value is -1.78. The first-order valence-corrected chi connectivity index (χ1v) is 7.07. The lowest BCUT2D eigenvalue weighted by atomic mass is 10.2. The summed E-state index contributed by atoms with van der Waals surface area (Å²) in [4.78, 5) is 25.6. The zero-order valence-electron chi connectivity index (χ0n) is 12.5. The van der Waals surface area contributed by atoms with Crippen molar-refractivity contribution in [3.05, 3.63) is 23.4 Å². The highest BCUT2D eigenvalue weighted by Gasteiger charge is 2.15. The van der Waals surface area contributed by atoms with Gasteiger partial charge in [0.25, 0.3) is 0 Å². The van der Waals surface area contributed by atoms with Crippen molar-refractivity contribution in [1.29, 1.82) is 0 Å². The van der Waals surface area contributed by atoms with Gasteiger partial charge in [-0.25, -0.2) is 9.59 Å². The van der Waals surface area contributed by atoms with E-state index < -0.39 is 11.9 Å². The van der Waals surface area contributed by atoms with E-state index in [4.69, 9.17) is 9.47 Å². The Kier molecular flexibility index (Phi) is 6.84. The molecule has 0 radical (unpaired) electrons. The molecule has 0 aromatic carbocycles. The minimum absolute atomic E-state index is 0.231. The summed E-state index contributed by atoms with van der Waals surface area (Å²) in [5.41, 5.74) is 1.20. The summed E-state index contributed by atoms with van der Waals surface area (Å²) in [7, 11) is 0. The highest BCUT2D eigenvalue weighted by molar-refractivity contribution is 5.98. The molecule has 1 aliphatic heterocycles. The van der Waals surface area contributed by atoms with Crippen molar-refractivity contribution in [3.8, 4) is 0 Å². The maximum absolute atomic E-state index is 11.9. The molecule has 1 heterocycles. The van der Waals surface area contributed by atoms with E-state index in [2.05, 4.69) is 4.90 Å². The van der Waals surface area contributed by atoms with Gasteiger partial charge in [-0.3, -0.25) is 0 Å². The molecule has 1 saturated heterocycles. The van der Waals surface area contributed by atoms with Gasteiger partial charge in [-0.1, -0.05) is 0 Å². The smallest absolute Gasteiger partial charge is 0.338 e. The first-order chi connectivity index (χ1) is 9.58. The lowest BCUT2D eigenvalue weighted by Crippen LogP contribution is -2.18. The molecule has 112 valence electrons. The van der Waals surface area contributed by atoms with Crippen LogP contribution in [-0.2, 0) is 19.1 Å². The molecule has 0 aliphatic carbocycles. The average Bonchev–Trinajstić information content (AvgIpc) is 2.92. The summed E-state index contributed by atoms with van der Waals surface area (Å²) in [5.74, 6) is -1.03. The summed E-state index contributed by atoms with van der Waals surface area (Å²) in [6, 6.07) is 0. The number of ether oxygens (including phenoxy) is 2. The number of carbonyl (C=O) groups is 2. The maximum atomic E-state index is 11.9. The molecule has 5 nitrogen and oxygen atoms in total. The molecule has 0 aromatic rings. The van der Waals surface area contributed by atoms with E-state index in [0.717, 1.165) is 31.6 Å². The zero-order valence-corrected chi connectivity index (χ0v) is 12.5. The standard InChI is InChI=1S/C15H23NO4/c1-4-19-14(17)11-13(15(18)20-5-2)10-12(3)16-8-6-7-9-16/h10-11H,4-9H2,1-3H3/b12-10+,13-11-. The molecule has 0 N–H and O–H groups in total. The van der Waals surface area contributed by atoms with Gasteiger partial charge in [-0.15, -0.1) is 0 Å². The molecule has 0 aromatic heterocycles. The van der Waals surface area contributed by atoms with E-state index in [0.29, 0.717) is 0 Å². The van der Waals surface area contributed by atoms with Crippen LogP contribution in [0.4, 0.5) is 0 Å². The molecule has 1 aliphatic rings. The van der Waals surface area contributed by atoms with Gasteiger partial charge in [0.2, 0.25) is 0 Å². The minimum Gasteiger partial charge on any atom is -0.463 e. The number of esters is 2. The van der Waals surface area contributed by atoms with Crippen LogP contribution in [0.1, 0.15) is 33.6 Å². The van der Waals surface area contributed by atoms with Crippen LogP contribution in [0.3, 0.4) is 0 Å². The van der Waals surface area contributed by atoms with Crippen LogP contribution in [0.25, 0.3) is 0 Å². The van der Waals surface area contributed by atoms with Crippen LogP contribution in [0.15, 0.2) is 23.4 Å². The highest BCUT2D eigenvalue weighted by Crippen LogP contribution is 2.16. The number of hydrogen-bond donors (Lipinski definition) is 0. The van der Waals surface area contributed by atoms with E-state index in [1.165, 1.54) is 6.08 Å². The molecule has 0 unspecified atom stereocenters. The largest absolute Gasteiger partial charge is 0.463 e. The highest BCUT2D eigenvalue weighted by atomic mass is 16.5. The van der Waals surface area contributed by atoms with Crippen molar-refractivity contribution in [2.45, 2.75) is 33.6 Å². The van der Waals surface area contributed by atoms with E-state index in [1.807, 2.05) is 6.92 Å². The van der Waals surface area contributed by atoms with Gasteiger partial charge in [0.1, 0.15) is 0 Å². The topological polar surface area (TPSA) is 55.8 Å². The van der Waals surface area contributed by atoms with Crippen molar-refractivity contribution in [2.24, 2.45) is 0 Å². The third kappa shape index (κ3) is 5.07. The first kappa shape index (κ1) is 16.3. The molecule has 0 saturated carbocycles. The molecular weight excluding hydrogens is 258 g/mol. The van der Waals surface area contributed by atoms with Crippen LogP contribution < -0.4 is 0 Å². The second kappa shape index (κ2) is 8.40. The van der Waals surface area contributed by atoms with Gasteiger partial charge < -0.3 is 14.4 Å². The third-order valence-corrected chi connectivity index (χ3v) is 3.04. The molecule has 20 heavy (non-hydrogen) atoms. The Morgan fingerprint density at radius 3 is 2.20 bits per heavy atom. The monoisotopic (exact) mass is 281 g/mol. The number of allylic oxidation sites excluding steroid dienone is 1. The fourth-order valence-corrected chi connectivity index (χ4v) is 2.07. The van der Waals surface area contributed by atoms with Crippen LogP contribution >= 0.6 is 0 Å². The third-order valence-electron chi connectivity index (χ3n) is 3.04. The van der Waals surface area contributed by atoms with Crippen molar-refractivity contribution >= 4 is 11.9 Å². The lowest BCUT2D eigenvalue weighted by molar-refractivity contribution is -0.140. The first-order valence-electron chi connectivity index (χ1n) is 7.07. The van der Waals surface area contributed by atoms with Gasteiger partial charge in [0.15, 0.2) is 0 Å². The summed E-state index contributed by atoms with van der Waals surface area (Å²) in [6.07, 6.45) is 5.20. The fourth-order valence-electron chi connectivity index (χ4n) is 2.07. The Morgan fingerprint density at radius 2 is 1.65 bits per heavy atom. The Balaban J connectivity index is 2.88. The maximum Gasteiger partial charge on any atom is 0.338 e. The van der Waals surface area contributed by atoms with Crippen molar-refractivity contribution < 1.29 is 19.1 Å². The van der Waals surface area contributed by atoms with E-state index in [-0.39, 0.29) is 18.8 Å². The van der Waals surface area contributed by atoms with Gasteiger partial charge in [0, 0.05) is 24.9 Å². The molecule has 5 heteroatoms. The van der Waals surface area contributed by atoms with Crippen molar-refractivity contribution in [2.75, 3.05) is 26.3 Å². The summed E-state index contributed by atoms with van der Waals surface area (Å²) >= 11 is 0. The Bertz CT molecular complexity index is 406. The molecular formula is C15H23NO4. The molecule has 0 spiro atoms. The van der Waals surface area contributed by atoms with Crippen molar-refractivity contribution in [1.82, 2.24) is 4.90 Å². The predicted octanol–water partition coefficient (Wildman–Crippen LogP) is 2.04. The van der Waals surface area contributed by atoms with Gasteiger partial charge in [-0.05, 0) is 39.7 Å². The molecule has 0 bridgehead atoms. The quantitative estimate of drug-likeness (QED) is 0.423. The normalized spacial score (nSPS) is 16.2. The minimum atomic E-state index is -0.527. The summed E-state index contributed by atoms with van der Waals surface area (Å²) < 4.78 is 9.81. The number of likely N-dealkylation sites (tertiary alicyclic amines) is 1. The second-order valence-corrected chi connectivity index (χ2v) is 4.55. The predicted molar refractivity (Wildman–Crippen MR) is 75.9 cm³/mol. The van der Waals surface area contributed by atoms with Crippen LogP contribution in [0, 0.1) is 0 Å². The second-order valence-electron chi connectivity index (χ2n) is 4.55. The number of rotatable bonds is 6. The zero-order chi connectivity index (χ0) is 15.0. The SMILES string of the molecule is CCOC(=O)/C=C(/C=C(\C)N1CCCC1)C(=O)OCC. The van der Waals surface area contributed by atoms with Crippen molar-refractivity contribution in [3.63, 3.8) is 0 Å². The number of hydrogen-bond acceptors (Lipinski definition) is 5. The Labute approximate surface area is 120 Å². The average molecular weight is 281 g/mol. The van der Waals surface area contributed by atoms with Gasteiger partial charge >= 0.3 is 11.9 Å².